The van der Waals surface area contributed by atoms with Crippen molar-refractivity contribution in [3.05, 3.63) is 54.1 Å². The molecule has 0 aromatic heterocycles. The van der Waals surface area contributed by atoms with Gasteiger partial charge < -0.3 is 35.2 Å². The summed E-state index contributed by atoms with van der Waals surface area (Å²) in [6.07, 6.45) is 0.480. The van der Waals surface area contributed by atoms with E-state index in [1.807, 2.05) is 6.92 Å². The highest BCUT2D eigenvalue weighted by atomic mass is 16.6. The second-order valence-corrected chi connectivity index (χ2v) is 11.2. The van der Waals surface area contributed by atoms with Gasteiger partial charge in [-0.05, 0) is 88.4 Å². The Morgan fingerprint density at radius 2 is 1.55 bits per heavy atom. The van der Waals surface area contributed by atoms with Gasteiger partial charge in [0, 0.05) is 11.7 Å². The molecule has 0 aliphatic carbocycles. The smallest absolute Gasteiger partial charge is 0.408 e. The minimum absolute atomic E-state index is 0.00335. The largest absolute Gasteiger partial charge is 0.508 e. The number of aliphatic hydroxyl groups is 1. The van der Waals surface area contributed by atoms with Crippen molar-refractivity contribution in [3.8, 4) is 11.5 Å². The Morgan fingerprint density at radius 1 is 0.950 bits per heavy atom. The number of nitrogens with zero attached hydrogens (tertiary/aromatic N) is 1. The number of ether oxygens (including phenoxy) is 2. The van der Waals surface area contributed by atoms with Crippen LogP contribution in [0, 0.1) is 5.92 Å². The Kier molecular flexibility index (Phi) is 11.8. The maximum atomic E-state index is 14.0. The fraction of sp³-hybridized carbons (Fsp3) is 0.500. The minimum Gasteiger partial charge on any atom is -0.508 e. The summed E-state index contributed by atoms with van der Waals surface area (Å²) < 4.78 is 10.5. The van der Waals surface area contributed by atoms with Crippen LogP contribution in [0.5, 0.6) is 11.5 Å². The number of phenolic OH excluding ortho intramolecular Hbond substituents is 1. The van der Waals surface area contributed by atoms with Gasteiger partial charge in [0.2, 0.25) is 5.91 Å². The highest BCUT2D eigenvalue weighted by molar-refractivity contribution is 5.99. The number of aliphatic hydroxyl groups excluding tert-OH is 1. The molecule has 3 amide bonds. The van der Waals surface area contributed by atoms with E-state index in [0.29, 0.717) is 29.3 Å². The molecule has 0 saturated carbocycles. The van der Waals surface area contributed by atoms with Crippen molar-refractivity contribution in [2.75, 3.05) is 19.0 Å². The van der Waals surface area contributed by atoms with Crippen molar-refractivity contribution in [1.82, 2.24) is 10.2 Å². The Balaban J connectivity index is 2.54. The van der Waals surface area contributed by atoms with Crippen molar-refractivity contribution < 1.29 is 34.1 Å². The molecule has 0 heterocycles. The van der Waals surface area contributed by atoms with Crippen molar-refractivity contribution in [1.29, 1.82) is 0 Å². The number of hydrogen-bond acceptors (Lipinski definition) is 7. The Hall–Kier alpha value is -3.79. The van der Waals surface area contributed by atoms with Crippen LogP contribution in [0.15, 0.2) is 48.5 Å². The molecule has 3 unspecified atom stereocenters. The van der Waals surface area contributed by atoms with Crippen LogP contribution in [-0.2, 0) is 14.3 Å². The Morgan fingerprint density at radius 3 is 2.05 bits per heavy atom. The number of nitrogens with one attached hydrogen (secondary N) is 2. The molecule has 0 saturated heterocycles. The first-order valence-electron chi connectivity index (χ1n) is 13.4. The fourth-order valence-corrected chi connectivity index (χ4v) is 4.11. The number of hydrogen-bond donors (Lipinski definition) is 4. The summed E-state index contributed by atoms with van der Waals surface area (Å²) in [5.74, 6) is -0.190. The van der Waals surface area contributed by atoms with Crippen LogP contribution in [0.2, 0.25) is 0 Å². The molecule has 2 rings (SSSR count). The zero-order valence-corrected chi connectivity index (χ0v) is 24.4. The SMILES string of the molecule is COc1ccc(NC(=O)C(c2ccc(O)cc2)N(C(=O)C(CO)NC(=O)OC(C)(C)C)C(C)CCC(C)C)cc1. The number of methoxy groups -OCH3 is 1. The third kappa shape index (κ3) is 9.75. The lowest BCUT2D eigenvalue weighted by Gasteiger charge is -2.38. The quantitative estimate of drug-likeness (QED) is 0.299. The Bertz CT molecular complexity index is 1110. The molecule has 2 aromatic carbocycles. The molecule has 0 radical (unpaired) electrons. The number of carbonyl (C=O) groups excluding carboxylic acids is 3. The van der Waals surface area contributed by atoms with Gasteiger partial charge in [-0.1, -0.05) is 26.0 Å². The molecule has 0 aliphatic heterocycles. The molecule has 220 valence electrons. The van der Waals surface area contributed by atoms with Crippen LogP contribution in [0.4, 0.5) is 10.5 Å². The average molecular weight is 558 g/mol. The van der Waals surface area contributed by atoms with Crippen molar-refractivity contribution in [2.24, 2.45) is 5.92 Å². The predicted molar refractivity (Wildman–Crippen MR) is 153 cm³/mol. The first kappa shape index (κ1) is 32.4. The summed E-state index contributed by atoms with van der Waals surface area (Å²) in [6, 6.07) is 9.81. The zero-order chi connectivity index (χ0) is 30.0. The van der Waals surface area contributed by atoms with Crippen LogP contribution in [0.25, 0.3) is 0 Å². The van der Waals surface area contributed by atoms with E-state index in [4.69, 9.17) is 9.47 Å². The standard InChI is InChI=1S/C30H43N3O7/c1-19(2)8-9-20(3)33(28(37)25(18-34)32-29(38)40-30(4,5)6)26(21-10-14-23(35)15-11-21)27(36)31-22-12-16-24(39-7)17-13-22/h10-17,19-20,25-26,34-35H,8-9,18H2,1-7H3,(H,31,36)(H,32,38). The monoisotopic (exact) mass is 557 g/mol. The molecule has 10 nitrogen and oxygen atoms in total. The van der Waals surface area contributed by atoms with Crippen molar-refractivity contribution in [2.45, 2.75) is 78.1 Å². The van der Waals surface area contributed by atoms with Crippen LogP contribution in [0.1, 0.15) is 66.0 Å². The second kappa shape index (κ2) is 14.6. The lowest BCUT2D eigenvalue weighted by atomic mass is 9.97. The van der Waals surface area contributed by atoms with E-state index in [2.05, 4.69) is 24.5 Å². The summed E-state index contributed by atoms with van der Waals surface area (Å²) in [6.45, 7) is 10.3. The number of amides is 3. The lowest BCUT2D eigenvalue weighted by molar-refractivity contribution is -0.144. The highest BCUT2D eigenvalue weighted by Gasteiger charge is 2.38. The topological polar surface area (TPSA) is 137 Å². The number of carbonyl (C=O) groups is 3. The van der Waals surface area contributed by atoms with Gasteiger partial charge in [0.1, 0.15) is 29.2 Å². The van der Waals surface area contributed by atoms with E-state index in [0.717, 1.165) is 6.42 Å². The van der Waals surface area contributed by atoms with E-state index in [1.165, 1.54) is 17.0 Å². The van der Waals surface area contributed by atoms with Gasteiger partial charge in [0.15, 0.2) is 0 Å². The van der Waals surface area contributed by atoms with Gasteiger partial charge in [-0.3, -0.25) is 9.59 Å². The van der Waals surface area contributed by atoms with Crippen molar-refractivity contribution >= 4 is 23.6 Å². The number of benzene rings is 2. The maximum Gasteiger partial charge on any atom is 0.408 e. The first-order chi connectivity index (χ1) is 18.7. The lowest BCUT2D eigenvalue weighted by Crippen LogP contribution is -2.56. The average Bonchev–Trinajstić information content (AvgIpc) is 2.88. The molecule has 2 aromatic rings. The molecular formula is C30H43N3O7. The number of aromatic hydroxyl groups is 1. The van der Waals surface area contributed by atoms with E-state index < -0.39 is 48.2 Å². The summed E-state index contributed by atoms with van der Waals surface area (Å²) >= 11 is 0. The predicted octanol–water partition coefficient (Wildman–Crippen LogP) is 4.62. The first-order valence-corrected chi connectivity index (χ1v) is 13.4. The number of alkyl carbamates (subject to hydrolysis) is 1. The van der Waals surface area contributed by atoms with Crippen LogP contribution >= 0.6 is 0 Å². The molecule has 0 spiro atoms. The molecule has 0 fully saturated rings. The molecule has 0 bridgehead atoms. The Labute approximate surface area is 236 Å². The maximum absolute atomic E-state index is 14.0. The van der Waals surface area contributed by atoms with Gasteiger partial charge in [-0.2, -0.15) is 0 Å². The summed E-state index contributed by atoms with van der Waals surface area (Å²) in [4.78, 5) is 41.8. The van der Waals surface area contributed by atoms with Crippen LogP contribution < -0.4 is 15.4 Å². The third-order valence-electron chi connectivity index (χ3n) is 6.16. The zero-order valence-electron chi connectivity index (χ0n) is 24.4. The van der Waals surface area contributed by atoms with E-state index in [1.54, 1.807) is 64.3 Å². The van der Waals surface area contributed by atoms with Crippen molar-refractivity contribution in [3.63, 3.8) is 0 Å². The molecule has 4 N–H and O–H groups in total. The number of rotatable bonds is 12. The van der Waals surface area contributed by atoms with Gasteiger partial charge in [0.05, 0.1) is 13.7 Å². The number of phenols is 1. The minimum atomic E-state index is -1.36. The fourth-order valence-electron chi connectivity index (χ4n) is 4.11. The summed E-state index contributed by atoms with van der Waals surface area (Å²) in [5.41, 5.74) is 0.120. The van der Waals surface area contributed by atoms with E-state index in [-0.39, 0.29) is 5.75 Å². The van der Waals surface area contributed by atoms with E-state index >= 15 is 0 Å². The molecule has 10 heteroatoms. The molecule has 3 atom stereocenters. The molecular weight excluding hydrogens is 514 g/mol. The van der Waals surface area contributed by atoms with Gasteiger partial charge in [-0.15, -0.1) is 0 Å². The highest BCUT2D eigenvalue weighted by Crippen LogP contribution is 2.30. The summed E-state index contributed by atoms with van der Waals surface area (Å²) in [7, 11) is 1.54. The van der Waals surface area contributed by atoms with Gasteiger partial charge in [0.25, 0.3) is 5.91 Å². The molecule has 40 heavy (non-hydrogen) atoms. The normalized spacial score (nSPS) is 13.6. The van der Waals surface area contributed by atoms with Gasteiger partial charge >= 0.3 is 6.09 Å². The van der Waals surface area contributed by atoms with Gasteiger partial charge in [-0.25, -0.2) is 4.79 Å². The number of anilines is 1. The molecule has 0 aliphatic rings. The van der Waals surface area contributed by atoms with Crippen LogP contribution in [0.3, 0.4) is 0 Å². The third-order valence-corrected chi connectivity index (χ3v) is 6.16. The second-order valence-electron chi connectivity index (χ2n) is 11.2. The summed E-state index contributed by atoms with van der Waals surface area (Å²) in [5, 5.41) is 25.4. The van der Waals surface area contributed by atoms with E-state index in [9.17, 15) is 24.6 Å². The van der Waals surface area contributed by atoms with Crippen LogP contribution in [-0.4, -0.2) is 64.4 Å².